The van der Waals surface area contributed by atoms with Gasteiger partial charge in [-0.3, -0.25) is 0 Å². The fourth-order valence-corrected chi connectivity index (χ4v) is 0. The van der Waals surface area contributed by atoms with Crippen LogP contribution in [0.4, 0.5) is 0 Å². The summed E-state index contributed by atoms with van der Waals surface area (Å²) >= 11 is 0. The zero-order valence-corrected chi connectivity index (χ0v) is 11.8. The molecule has 0 aromatic heterocycles. The van der Waals surface area contributed by atoms with Gasteiger partial charge in [0.25, 0.3) is 0 Å². The van der Waals surface area contributed by atoms with Gasteiger partial charge in [-0.15, -0.1) is 0 Å². The SMILES string of the molecule is [Cu].[Ga].[In].[Zn]. The Labute approximate surface area is 80.9 Å². The number of rotatable bonds is 0. The maximum absolute atomic E-state index is 0. The molecule has 4 heteroatoms. The molecule has 0 saturated heterocycles. The molecule has 0 nitrogen and oxygen atoms in total. The molecule has 0 aliphatic rings. The molecule has 0 amide bonds. The third-order valence-corrected chi connectivity index (χ3v) is 0. The van der Waals surface area contributed by atoms with Crippen LogP contribution in [0.1, 0.15) is 0 Å². The normalized spacial score (nSPS) is 0. The van der Waals surface area contributed by atoms with Crippen molar-refractivity contribution in [3.05, 3.63) is 0 Å². The first kappa shape index (κ1) is 30.2. The summed E-state index contributed by atoms with van der Waals surface area (Å²) in [5, 5.41) is 0. The van der Waals surface area contributed by atoms with Crippen molar-refractivity contribution in [2.45, 2.75) is 0 Å². The molecular weight excluding hydrogens is 313 g/mol. The van der Waals surface area contributed by atoms with E-state index in [1.54, 1.807) is 0 Å². The molecule has 0 N–H and O–H groups in total. The molecule has 0 atom stereocenters. The molecule has 0 fully saturated rings. The molecule has 0 spiro atoms. The standard InChI is InChI=1S/Cu.Ga.In.Zn. The van der Waals surface area contributed by atoms with Crippen LogP contribution in [0.15, 0.2) is 0 Å². The average Bonchev–Trinajstić information content (AvgIpc) is 0. The third kappa shape index (κ3) is 8.82. The van der Waals surface area contributed by atoms with Crippen molar-refractivity contribution in [1.82, 2.24) is 0 Å². The largest absolute Gasteiger partial charge is 0 e. The van der Waals surface area contributed by atoms with Gasteiger partial charge in [-0.25, -0.2) is 0 Å². The van der Waals surface area contributed by atoms with Gasteiger partial charge >= 0.3 is 0 Å². The molecular formula is CuGaInZn. The Balaban J connectivity index is 0. The van der Waals surface area contributed by atoms with Crippen LogP contribution in [0.5, 0.6) is 0 Å². The van der Waals surface area contributed by atoms with E-state index in [0.29, 0.717) is 0 Å². The zero-order valence-electron chi connectivity index (χ0n) is 2.16. The molecule has 0 aromatic carbocycles. The second kappa shape index (κ2) is 17.4. The molecule has 0 aromatic rings. The zero-order chi connectivity index (χ0) is 0. The van der Waals surface area contributed by atoms with Crippen LogP contribution in [0.3, 0.4) is 0 Å². The first-order valence-corrected chi connectivity index (χ1v) is 0. The van der Waals surface area contributed by atoms with Crippen molar-refractivity contribution in [3.8, 4) is 0 Å². The Kier molecular flexibility index (Phi) is 132. The van der Waals surface area contributed by atoms with E-state index in [1.165, 1.54) is 0 Å². The van der Waals surface area contributed by atoms with Crippen molar-refractivity contribution in [3.63, 3.8) is 0 Å². The van der Waals surface area contributed by atoms with E-state index in [-0.39, 0.29) is 82.2 Å². The number of hydrogen-bond acceptors (Lipinski definition) is 0. The van der Waals surface area contributed by atoms with Gasteiger partial charge in [-0.2, -0.15) is 0 Å². The van der Waals surface area contributed by atoms with Crippen molar-refractivity contribution in [2.75, 3.05) is 0 Å². The van der Waals surface area contributed by atoms with Gasteiger partial charge in [0.2, 0.25) is 0 Å². The molecule has 19 valence electrons. The van der Waals surface area contributed by atoms with Crippen LogP contribution in [-0.4, -0.2) is 45.6 Å². The van der Waals surface area contributed by atoms with E-state index in [4.69, 9.17) is 0 Å². The predicted octanol–water partition coefficient (Wildman–Crippen LogP) is -0.767. The van der Waals surface area contributed by atoms with Crippen molar-refractivity contribution >= 4 is 45.6 Å². The van der Waals surface area contributed by atoms with E-state index in [2.05, 4.69) is 0 Å². The third-order valence-electron chi connectivity index (χ3n) is 0. The summed E-state index contributed by atoms with van der Waals surface area (Å²) in [4.78, 5) is 0. The Morgan fingerprint density at radius 2 is 1.00 bits per heavy atom. The number of hydrogen-bond donors (Lipinski definition) is 0. The summed E-state index contributed by atoms with van der Waals surface area (Å²) in [5.74, 6) is 0. The van der Waals surface area contributed by atoms with Crippen molar-refractivity contribution < 1.29 is 36.5 Å². The Bertz CT molecular complexity index is 8.00. The van der Waals surface area contributed by atoms with Gasteiger partial charge in [0.05, 0.1) is 0 Å². The summed E-state index contributed by atoms with van der Waals surface area (Å²) in [6, 6.07) is 0. The Morgan fingerprint density at radius 1 is 1.00 bits per heavy atom. The summed E-state index contributed by atoms with van der Waals surface area (Å²) in [6.45, 7) is 0. The summed E-state index contributed by atoms with van der Waals surface area (Å²) in [7, 11) is 0. The van der Waals surface area contributed by atoms with Gasteiger partial charge < -0.3 is 0 Å². The minimum Gasteiger partial charge on any atom is 0 e. The predicted molar refractivity (Wildman–Crippen MR) is 11.5 cm³/mol. The first-order chi connectivity index (χ1) is 0. The van der Waals surface area contributed by atoms with E-state index < -0.39 is 0 Å². The van der Waals surface area contributed by atoms with Gasteiger partial charge in [0.1, 0.15) is 0 Å². The van der Waals surface area contributed by atoms with Gasteiger partial charge in [0, 0.05) is 82.2 Å². The molecule has 0 aliphatic heterocycles. The Hall–Kier alpha value is 2.65. The molecule has 4 heavy (non-hydrogen) atoms. The van der Waals surface area contributed by atoms with Crippen LogP contribution >= 0.6 is 0 Å². The maximum atomic E-state index is 0. The quantitative estimate of drug-likeness (QED) is 0.516. The van der Waals surface area contributed by atoms with Gasteiger partial charge in [-0.1, -0.05) is 0 Å². The van der Waals surface area contributed by atoms with Gasteiger partial charge in [0.15, 0.2) is 0 Å². The van der Waals surface area contributed by atoms with E-state index in [9.17, 15) is 0 Å². The van der Waals surface area contributed by atoms with Crippen molar-refractivity contribution in [1.29, 1.82) is 0 Å². The average molecular weight is 313 g/mol. The topological polar surface area (TPSA) is 0 Å². The molecule has 0 saturated carbocycles. The van der Waals surface area contributed by atoms with E-state index >= 15 is 0 Å². The van der Waals surface area contributed by atoms with Crippen LogP contribution in [0.2, 0.25) is 0 Å². The molecule has 7 radical (unpaired) electrons. The second-order valence-electron chi connectivity index (χ2n) is 0. The second-order valence-corrected chi connectivity index (χ2v) is 0. The molecule has 0 heterocycles. The fourth-order valence-electron chi connectivity index (χ4n) is 0. The first-order valence-electron chi connectivity index (χ1n) is 0. The Morgan fingerprint density at radius 3 is 1.00 bits per heavy atom. The monoisotopic (exact) mass is 311 g/mol. The molecule has 0 bridgehead atoms. The maximum Gasteiger partial charge on any atom is 0 e. The minimum absolute atomic E-state index is 0. The smallest absolute Gasteiger partial charge is 0 e. The minimum atomic E-state index is 0. The van der Waals surface area contributed by atoms with Crippen LogP contribution in [-0.2, 0) is 36.5 Å². The molecule has 0 unspecified atom stereocenters. The van der Waals surface area contributed by atoms with Crippen LogP contribution in [0, 0.1) is 0 Å². The summed E-state index contributed by atoms with van der Waals surface area (Å²) < 4.78 is 0. The van der Waals surface area contributed by atoms with Crippen molar-refractivity contribution in [2.24, 2.45) is 0 Å². The van der Waals surface area contributed by atoms with E-state index in [0.717, 1.165) is 0 Å². The molecule has 0 aliphatic carbocycles. The van der Waals surface area contributed by atoms with Crippen LogP contribution < -0.4 is 0 Å². The molecule has 0 rings (SSSR count). The van der Waals surface area contributed by atoms with E-state index in [1.807, 2.05) is 0 Å². The fraction of sp³-hybridized carbons (Fsp3) is 0. The van der Waals surface area contributed by atoms with Crippen LogP contribution in [0.25, 0.3) is 0 Å². The summed E-state index contributed by atoms with van der Waals surface area (Å²) in [5.41, 5.74) is 0. The van der Waals surface area contributed by atoms with Gasteiger partial charge in [-0.05, 0) is 0 Å². The summed E-state index contributed by atoms with van der Waals surface area (Å²) in [6.07, 6.45) is 0.